The molecule has 1 aliphatic heterocycles. The number of benzene rings is 1. The first kappa shape index (κ1) is 13.9. The van der Waals surface area contributed by atoms with Gasteiger partial charge in [0.25, 0.3) is 0 Å². The van der Waals surface area contributed by atoms with Gasteiger partial charge in [-0.25, -0.2) is 0 Å². The monoisotopic (exact) mass is 274 g/mol. The molecular weight excluding hydrogens is 248 g/mol. The molecule has 3 rings (SSSR count). The van der Waals surface area contributed by atoms with Gasteiger partial charge in [0.15, 0.2) is 0 Å². The van der Waals surface area contributed by atoms with E-state index in [4.69, 9.17) is 0 Å². The second-order valence-electron chi connectivity index (χ2n) is 7.03. The lowest BCUT2D eigenvalue weighted by molar-refractivity contribution is 0.245. The Morgan fingerprint density at radius 2 is 2.15 bits per heavy atom. The normalized spacial score (nSPS) is 32.6. The van der Waals surface area contributed by atoms with Crippen LogP contribution in [-0.2, 0) is 11.8 Å². The Kier molecular flexibility index (Phi) is 3.30. The number of rotatable bonds is 3. The highest BCUT2D eigenvalue weighted by Crippen LogP contribution is 2.51. The van der Waals surface area contributed by atoms with Gasteiger partial charge in [-0.05, 0) is 69.7 Å². The Balaban J connectivity index is 2.06. The van der Waals surface area contributed by atoms with Gasteiger partial charge in [0.2, 0.25) is 0 Å². The third kappa shape index (κ3) is 1.95. The van der Waals surface area contributed by atoms with Crippen LogP contribution in [0, 0.1) is 5.92 Å². The molecule has 1 saturated heterocycles. The first-order valence-corrected chi connectivity index (χ1v) is 7.61. The largest absolute Gasteiger partial charge is 0.508 e. The van der Waals surface area contributed by atoms with Crippen molar-refractivity contribution in [1.82, 2.24) is 9.80 Å². The number of hydrogen-bond acceptors (Lipinski definition) is 3. The molecule has 0 amide bonds. The highest BCUT2D eigenvalue weighted by molar-refractivity contribution is 5.45. The lowest BCUT2D eigenvalue weighted by Crippen LogP contribution is -2.42. The molecule has 1 fully saturated rings. The maximum absolute atomic E-state index is 9.94. The third-order valence-electron chi connectivity index (χ3n) is 5.61. The smallest absolute Gasteiger partial charge is 0.115 e. The van der Waals surface area contributed by atoms with Gasteiger partial charge in [-0.3, -0.25) is 0 Å². The number of fused-ring (bicyclic) bond motifs is 4. The molecule has 0 aromatic heterocycles. The highest BCUT2D eigenvalue weighted by Gasteiger charge is 2.53. The van der Waals surface area contributed by atoms with E-state index in [0.29, 0.717) is 17.7 Å². The molecule has 0 unspecified atom stereocenters. The second kappa shape index (κ2) is 4.74. The number of nitrogens with zero attached hydrogens (tertiary/aromatic N) is 2. The lowest BCUT2D eigenvalue weighted by Gasteiger charge is -2.41. The molecule has 3 heteroatoms. The van der Waals surface area contributed by atoms with Gasteiger partial charge in [0.1, 0.15) is 5.75 Å². The summed E-state index contributed by atoms with van der Waals surface area (Å²) in [4.78, 5) is 4.79. The predicted molar refractivity (Wildman–Crippen MR) is 82.2 cm³/mol. The van der Waals surface area contributed by atoms with E-state index in [9.17, 15) is 5.11 Å². The molecule has 1 aromatic carbocycles. The van der Waals surface area contributed by atoms with Crippen molar-refractivity contribution in [3.05, 3.63) is 29.3 Å². The number of hydrogen-bond donors (Lipinski definition) is 1. The van der Waals surface area contributed by atoms with Crippen LogP contribution in [0.2, 0.25) is 0 Å². The molecule has 0 saturated carbocycles. The SMILES string of the molecule is C[C@H]1[C@H]2Cc3ccc(O)cc3[C@@]1(CCN(C)C)CN2C. The first-order valence-electron chi connectivity index (χ1n) is 7.61. The summed E-state index contributed by atoms with van der Waals surface area (Å²) < 4.78 is 0. The number of aromatic hydroxyl groups is 1. The fraction of sp³-hybridized carbons (Fsp3) is 0.647. The summed E-state index contributed by atoms with van der Waals surface area (Å²) in [6.45, 7) is 4.61. The summed E-state index contributed by atoms with van der Waals surface area (Å²) in [7, 11) is 6.54. The quantitative estimate of drug-likeness (QED) is 0.914. The van der Waals surface area contributed by atoms with E-state index in [-0.39, 0.29) is 5.41 Å². The van der Waals surface area contributed by atoms with Crippen molar-refractivity contribution >= 4 is 0 Å². The minimum absolute atomic E-state index is 0.204. The Bertz CT molecular complexity index is 514. The van der Waals surface area contributed by atoms with Crippen LogP contribution in [-0.4, -0.2) is 55.2 Å². The first-order chi connectivity index (χ1) is 9.44. The summed E-state index contributed by atoms with van der Waals surface area (Å²) in [5, 5.41) is 9.94. The van der Waals surface area contributed by atoms with Crippen molar-refractivity contribution in [2.24, 2.45) is 5.92 Å². The van der Waals surface area contributed by atoms with Crippen molar-refractivity contribution < 1.29 is 5.11 Å². The van der Waals surface area contributed by atoms with Gasteiger partial charge in [-0.1, -0.05) is 13.0 Å². The van der Waals surface area contributed by atoms with Gasteiger partial charge < -0.3 is 14.9 Å². The van der Waals surface area contributed by atoms with E-state index >= 15 is 0 Å². The van der Waals surface area contributed by atoms with Crippen LogP contribution in [0.4, 0.5) is 0 Å². The van der Waals surface area contributed by atoms with Crippen LogP contribution in [0.15, 0.2) is 18.2 Å². The molecule has 1 N–H and O–H groups in total. The van der Waals surface area contributed by atoms with Crippen LogP contribution in [0.25, 0.3) is 0 Å². The zero-order valence-electron chi connectivity index (χ0n) is 13.1. The molecule has 1 aromatic rings. The van der Waals surface area contributed by atoms with Crippen molar-refractivity contribution in [1.29, 1.82) is 0 Å². The van der Waals surface area contributed by atoms with E-state index in [0.717, 1.165) is 19.5 Å². The number of likely N-dealkylation sites (N-methyl/N-ethyl adjacent to an activating group) is 1. The minimum Gasteiger partial charge on any atom is -0.508 e. The number of likely N-dealkylation sites (tertiary alicyclic amines) is 1. The molecule has 110 valence electrons. The van der Waals surface area contributed by atoms with Gasteiger partial charge in [0.05, 0.1) is 0 Å². The Labute approximate surface area is 122 Å². The Morgan fingerprint density at radius 1 is 1.40 bits per heavy atom. The minimum atomic E-state index is 0.204. The maximum Gasteiger partial charge on any atom is 0.115 e. The molecule has 1 heterocycles. The van der Waals surface area contributed by atoms with Crippen molar-refractivity contribution in [2.45, 2.75) is 31.2 Å². The summed E-state index contributed by atoms with van der Waals surface area (Å²) in [5.41, 5.74) is 3.04. The average molecular weight is 274 g/mol. The van der Waals surface area contributed by atoms with E-state index in [1.807, 2.05) is 12.1 Å². The molecule has 20 heavy (non-hydrogen) atoms. The summed E-state index contributed by atoms with van der Waals surface area (Å²) in [6, 6.07) is 6.65. The molecule has 2 aliphatic rings. The Morgan fingerprint density at radius 3 is 2.85 bits per heavy atom. The van der Waals surface area contributed by atoms with Crippen LogP contribution in [0.5, 0.6) is 5.75 Å². The lowest BCUT2D eigenvalue weighted by atomic mass is 9.63. The van der Waals surface area contributed by atoms with E-state index in [2.05, 4.69) is 43.9 Å². The fourth-order valence-corrected chi connectivity index (χ4v) is 4.42. The highest BCUT2D eigenvalue weighted by atomic mass is 16.3. The average Bonchev–Trinajstić information content (AvgIpc) is 2.55. The summed E-state index contributed by atoms with van der Waals surface area (Å²) in [5.74, 6) is 1.06. The molecule has 3 atom stereocenters. The van der Waals surface area contributed by atoms with Crippen molar-refractivity contribution in [2.75, 3.05) is 34.2 Å². The number of phenols is 1. The summed E-state index contributed by atoms with van der Waals surface area (Å²) in [6.07, 6.45) is 2.29. The molecular formula is C17H26N2O. The summed E-state index contributed by atoms with van der Waals surface area (Å²) >= 11 is 0. The molecule has 0 spiro atoms. The zero-order valence-corrected chi connectivity index (χ0v) is 13.1. The van der Waals surface area contributed by atoms with Gasteiger partial charge in [-0.15, -0.1) is 0 Å². The molecule has 1 aliphatic carbocycles. The topological polar surface area (TPSA) is 26.7 Å². The van der Waals surface area contributed by atoms with Crippen LogP contribution < -0.4 is 0 Å². The van der Waals surface area contributed by atoms with E-state index < -0.39 is 0 Å². The third-order valence-corrected chi connectivity index (χ3v) is 5.61. The van der Waals surface area contributed by atoms with Crippen LogP contribution in [0.1, 0.15) is 24.5 Å². The predicted octanol–water partition coefficient (Wildman–Crippen LogP) is 2.09. The van der Waals surface area contributed by atoms with Gasteiger partial charge in [0, 0.05) is 18.0 Å². The molecule has 2 bridgehead atoms. The molecule has 0 radical (unpaired) electrons. The van der Waals surface area contributed by atoms with E-state index in [1.54, 1.807) is 0 Å². The zero-order chi connectivity index (χ0) is 14.5. The van der Waals surface area contributed by atoms with Crippen molar-refractivity contribution in [3.8, 4) is 5.75 Å². The van der Waals surface area contributed by atoms with Gasteiger partial charge >= 0.3 is 0 Å². The second-order valence-corrected chi connectivity index (χ2v) is 7.03. The van der Waals surface area contributed by atoms with E-state index in [1.165, 1.54) is 17.5 Å². The fourth-order valence-electron chi connectivity index (χ4n) is 4.42. The van der Waals surface area contributed by atoms with Gasteiger partial charge in [-0.2, -0.15) is 0 Å². The number of phenolic OH excluding ortho intramolecular Hbond substituents is 1. The van der Waals surface area contributed by atoms with Crippen LogP contribution in [0.3, 0.4) is 0 Å². The maximum atomic E-state index is 9.94. The Hall–Kier alpha value is -1.06. The van der Waals surface area contributed by atoms with Crippen molar-refractivity contribution in [3.63, 3.8) is 0 Å². The van der Waals surface area contributed by atoms with Crippen LogP contribution >= 0.6 is 0 Å². The molecule has 3 nitrogen and oxygen atoms in total. The standard InChI is InChI=1S/C17H26N2O/c1-12-16-9-13-5-6-14(20)10-15(13)17(12,11-19(16)4)7-8-18(2)3/h5-6,10,12,16,20H,7-9,11H2,1-4H3/t12-,16+,17-/m0/s1.